The number of hydrogen-bond donors (Lipinski definition) is 0. The van der Waals surface area contributed by atoms with Crippen molar-refractivity contribution in [3.8, 4) is 0 Å². The zero-order chi connectivity index (χ0) is 18.1. The van der Waals surface area contributed by atoms with Crippen LogP contribution in [0.15, 0.2) is 23.3 Å². The lowest BCUT2D eigenvalue weighted by Crippen LogP contribution is -2.48. The third-order valence-electron chi connectivity index (χ3n) is 5.21. The summed E-state index contributed by atoms with van der Waals surface area (Å²) in [4.78, 5) is 24.5. The van der Waals surface area contributed by atoms with Crippen LogP contribution in [0.1, 0.15) is 61.7 Å². The second kappa shape index (κ2) is 6.50. The van der Waals surface area contributed by atoms with Crippen molar-refractivity contribution in [2.24, 2.45) is 11.3 Å². The van der Waals surface area contributed by atoms with Crippen molar-refractivity contribution in [1.82, 2.24) is 0 Å². The normalized spacial score (nSPS) is 30.5. The largest absolute Gasteiger partial charge is 0.458 e. The zero-order valence-corrected chi connectivity index (χ0v) is 14.8. The van der Waals surface area contributed by atoms with Crippen molar-refractivity contribution in [1.29, 1.82) is 0 Å². The van der Waals surface area contributed by atoms with Gasteiger partial charge in [0.15, 0.2) is 0 Å². The summed E-state index contributed by atoms with van der Waals surface area (Å²) in [6.07, 6.45) is 6.63. The fraction of sp³-hybridized carbons (Fsp3) is 0.684. The molecule has 1 saturated heterocycles. The summed E-state index contributed by atoms with van der Waals surface area (Å²) in [5.41, 5.74) is 0.461. The van der Waals surface area contributed by atoms with Crippen LogP contribution >= 0.6 is 0 Å². The molecule has 2 fully saturated rings. The number of fused-ring (bicyclic) bond motifs is 2. The SMILES string of the molecule is [2H][C@H](/C=C(\C)CCC=C(C)C)OC(=O)[C@@]12CC[C@@H](C(=O)O1)C2(C)C. The first-order chi connectivity index (χ1) is 11.1. The van der Waals surface area contributed by atoms with Crippen molar-refractivity contribution in [2.45, 2.75) is 65.9 Å². The monoisotopic (exact) mass is 321 g/mol. The summed E-state index contributed by atoms with van der Waals surface area (Å²) in [6.45, 7) is 8.69. The van der Waals surface area contributed by atoms with E-state index in [-0.39, 0.29) is 11.9 Å². The van der Waals surface area contributed by atoms with Crippen LogP contribution in [0.2, 0.25) is 0 Å². The number of allylic oxidation sites excluding steroid dienone is 3. The lowest BCUT2D eigenvalue weighted by molar-refractivity contribution is -0.181. The van der Waals surface area contributed by atoms with E-state index in [4.69, 9.17) is 10.8 Å². The van der Waals surface area contributed by atoms with Crippen LogP contribution in [0.3, 0.4) is 0 Å². The molecule has 0 radical (unpaired) electrons. The first-order valence-corrected chi connectivity index (χ1v) is 8.27. The third-order valence-corrected chi connectivity index (χ3v) is 5.21. The first kappa shape index (κ1) is 16.3. The minimum Gasteiger partial charge on any atom is -0.458 e. The Bertz CT molecular complexity index is 586. The standard InChI is InChI=1S/C19H28O4/c1-13(2)7-6-8-14(3)10-12-22-17(21)19-11-9-15(16(20)23-19)18(19,4)5/h7,10,15H,6,8-9,11-12H2,1-5H3/b14-10+/t15-,19+/m0/s1/i12D/t12-,15+,19-/m1. The van der Waals surface area contributed by atoms with Crippen LogP contribution in [0.25, 0.3) is 0 Å². The van der Waals surface area contributed by atoms with Crippen LogP contribution in [0.5, 0.6) is 0 Å². The molecule has 0 spiro atoms. The summed E-state index contributed by atoms with van der Waals surface area (Å²) < 4.78 is 18.7. The molecular weight excluding hydrogens is 292 g/mol. The number of rotatable bonds is 6. The molecule has 0 amide bonds. The van der Waals surface area contributed by atoms with Gasteiger partial charge in [-0.25, -0.2) is 4.79 Å². The molecule has 4 heteroatoms. The Kier molecular flexibility index (Phi) is 4.60. The van der Waals surface area contributed by atoms with Gasteiger partial charge in [-0.3, -0.25) is 4.79 Å². The maximum atomic E-state index is 12.6. The number of carbonyl (C=O) groups excluding carboxylic acids is 2. The molecule has 0 aromatic carbocycles. The van der Waals surface area contributed by atoms with Gasteiger partial charge in [-0.15, -0.1) is 0 Å². The summed E-state index contributed by atoms with van der Waals surface area (Å²) in [5, 5.41) is 0. The van der Waals surface area contributed by atoms with Crippen molar-refractivity contribution >= 4 is 11.9 Å². The predicted octanol–water partition coefficient (Wildman–Crippen LogP) is 3.95. The molecule has 1 aliphatic heterocycles. The Balaban J connectivity index is 1.99. The molecule has 2 aliphatic rings. The Morgan fingerprint density at radius 2 is 2.09 bits per heavy atom. The Morgan fingerprint density at radius 3 is 2.61 bits per heavy atom. The molecule has 0 aromatic rings. The molecule has 1 saturated carbocycles. The number of hydrogen-bond acceptors (Lipinski definition) is 4. The van der Waals surface area contributed by atoms with E-state index < -0.39 is 23.6 Å². The maximum Gasteiger partial charge on any atom is 0.351 e. The first-order valence-electron chi connectivity index (χ1n) is 8.85. The van der Waals surface area contributed by atoms with Crippen molar-refractivity contribution in [3.63, 3.8) is 0 Å². The second-order valence-electron chi connectivity index (χ2n) is 7.44. The zero-order valence-electron chi connectivity index (χ0n) is 15.8. The van der Waals surface area contributed by atoms with Gasteiger partial charge in [0.25, 0.3) is 0 Å². The topological polar surface area (TPSA) is 52.6 Å². The van der Waals surface area contributed by atoms with Gasteiger partial charge in [-0.05, 0) is 52.5 Å². The molecule has 2 rings (SSSR count). The minimum absolute atomic E-state index is 0.254. The van der Waals surface area contributed by atoms with Crippen LogP contribution < -0.4 is 0 Å². The third kappa shape index (κ3) is 3.22. The van der Waals surface area contributed by atoms with Crippen LogP contribution in [-0.2, 0) is 19.1 Å². The van der Waals surface area contributed by atoms with Gasteiger partial charge in [0.05, 0.1) is 7.29 Å². The highest BCUT2D eigenvalue weighted by atomic mass is 16.6. The average Bonchev–Trinajstić information content (AvgIpc) is 2.81. The summed E-state index contributed by atoms with van der Waals surface area (Å²) >= 11 is 0. The van der Waals surface area contributed by atoms with Crippen molar-refractivity contribution in [3.05, 3.63) is 23.3 Å². The summed E-state index contributed by atoms with van der Waals surface area (Å²) in [7, 11) is 0. The van der Waals surface area contributed by atoms with E-state index in [9.17, 15) is 9.59 Å². The van der Waals surface area contributed by atoms with Crippen LogP contribution in [0, 0.1) is 11.3 Å². The van der Waals surface area contributed by atoms with Gasteiger partial charge in [-0.1, -0.05) is 31.1 Å². The van der Waals surface area contributed by atoms with E-state index in [1.807, 2.05) is 34.6 Å². The minimum atomic E-state index is -1.22. The lowest BCUT2D eigenvalue weighted by Gasteiger charge is -2.32. The number of ether oxygens (including phenoxy) is 2. The molecule has 1 aliphatic carbocycles. The van der Waals surface area contributed by atoms with Gasteiger partial charge in [0.2, 0.25) is 5.60 Å². The molecule has 2 bridgehead atoms. The van der Waals surface area contributed by atoms with E-state index in [1.165, 1.54) is 5.57 Å². The highest BCUT2D eigenvalue weighted by Gasteiger charge is 2.70. The van der Waals surface area contributed by atoms with Crippen molar-refractivity contribution in [2.75, 3.05) is 6.58 Å². The van der Waals surface area contributed by atoms with Gasteiger partial charge in [0.1, 0.15) is 6.58 Å². The van der Waals surface area contributed by atoms with E-state index in [0.29, 0.717) is 12.8 Å². The van der Waals surface area contributed by atoms with E-state index in [2.05, 4.69) is 6.08 Å². The van der Waals surface area contributed by atoms with Gasteiger partial charge < -0.3 is 9.47 Å². The van der Waals surface area contributed by atoms with Crippen LogP contribution in [0.4, 0.5) is 0 Å². The highest BCUT2D eigenvalue weighted by Crippen LogP contribution is 2.58. The second-order valence-corrected chi connectivity index (χ2v) is 7.44. The molecule has 0 unspecified atom stereocenters. The summed E-state index contributed by atoms with van der Waals surface area (Å²) in [5.74, 6) is -1.16. The Morgan fingerprint density at radius 1 is 1.39 bits per heavy atom. The molecule has 4 nitrogen and oxygen atoms in total. The molecule has 1 heterocycles. The Hall–Kier alpha value is -1.58. The Labute approximate surface area is 140 Å². The van der Waals surface area contributed by atoms with Gasteiger partial charge in [-0.2, -0.15) is 0 Å². The van der Waals surface area contributed by atoms with Crippen molar-refractivity contribution < 1.29 is 20.4 Å². The average molecular weight is 321 g/mol. The molecule has 128 valence electrons. The maximum absolute atomic E-state index is 12.6. The van der Waals surface area contributed by atoms with E-state index in [1.54, 1.807) is 6.08 Å². The van der Waals surface area contributed by atoms with Crippen LogP contribution in [-0.4, -0.2) is 24.1 Å². The molecular formula is C19H28O4. The quantitative estimate of drug-likeness (QED) is 0.549. The molecule has 0 N–H and O–H groups in total. The fourth-order valence-electron chi connectivity index (χ4n) is 3.54. The van der Waals surface area contributed by atoms with E-state index in [0.717, 1.165) is 18.4 Å². The van der Waals surface area contributed by atoms with Gasteiger partial charge in [0, 0.05) is 5.41 Å². The molecule has 3 atom stereocenters. The fourth-order valence-corrected chi connectivity index (χ4v) is 3.54. The molecule has 23 heavy (non-hydrogen) atoms. The number of carbonyl (C=O) groups is 2. The molecule has 0 aromatic heterocycles. The van der Waals surface area contributed by atoms with E-state index >= 15 is 0 Å². The van der Waals surface area contributed by atoms with Gasteiger partial charge >= 0.3 is 11.9 Å². The smallest absolute Gasteiger partial charge is 0.351 e. The number of esters is 2. The predicted molar refractivity (Wildman–Crippen MR) is 88.7 cm³/mol. The summed E-state index contributed by atoms with van der Waals surface area (Å²) in [6, 6.07) is 0. The lowest BCUT2D eigenvalue weighted by atomic mass is 9.75. The highest BCUT2D eigenvalue weighted by molar-refractivity contribution is 5.91.